The quantitative estimate of drug-likeness (QED) is 0.906. The molecule has 2 aromatic rings. The summed E-state index contributed by atoms with van der Waals surface area (Å²) in [5.74, 6) is -0.433. The topological polar surface area (TPSA) is 58.2 Å². The Labute approximate surface area is 136 Å². The van der Waals surface area contributed by atoms with Crippen molar-refractivity contribution >= 4 is 17.5 Å². The Kier molecular flexibility index (Phi) is 4.84. The van der Waals surface area contributed by atoms with Crippen molar-refractivity contribution in [2.75, 3.05) is 5.32 Å². The van der Waals surface area contributed by atoms with Gasteiger partial charge in [0.05, 0.1) is 11.3 Å². The van der Waals surface area contributed by atoms with Crippen LogP contribution in [0.2, 0.25) is 0 Å². The largest absolute Gasteiger partial charge is 0.347 e. The zero-order valence-corrected chi connectivity index (χ0v) is 13.9. The fraction of sp³-hybridized carbons (Fsp3) is 0.263. The predicted molar refractivity (Wildman–Crippen MR) is 92.8 cm³/mol. The molecule has 120 valence electrons. The highest BCUT2D eigenvalue weighted by Gasteiger charge is 2.19. The highest BCUT2D eigenvalue weighted by Crippen LogP contribution is 2.18. The molecule has 2 aromatic carbocycles. The monoisotopic (exact) mass is 310 g/mol. The van der Waals surface area contributed by atoms with E-state index >= 15 is 0 Å². The van der Waals surface area contributed by atoms with Gasteiger partial charge in [0.25, 0.3) is 11.8 Å². The zero-order chi connectivity index (χ0) is 17.0. The van der Waals surface area contributed by atoms with Gasteiger partial charge in [-0.3, -0.25) is 9.59 Å². The molecule has 0 heterocycles. The highest BCUT2D eigenvalue weighted by atomic mass is 16.2. The molecule has 4 heteroatoms. The Morgan fingerprint density at radius 2 is 1.39 bits per heavy atom. The van der Waals surface area contributed by atoms with Crippen LogP contribution in [0.15, 0.2) is 48.5 Å². The molecule has 0 atom stereocenters. The van der Waals surface area contributed by atoms with Gasteiger partial charge in [0.15, 0.2) is 0 Å². The molecule has 2 rings (SSSR count). The van der Waals surface area contributed by atoms with Crippen LogP contribution in [0, 0.1) is 6.92 Å². The van der Waals surface area contributed by atoms with E-state index in [1.807, 2.05) is 45.9 Å². The molecule has 0 spiro atoms. The summed E-state index contributed by atoms with van der Waals surface area (Å²) in [5.41, 5.74) is 2.09. The van der Waals surface area contributed by atoms with Crippen LogP contribution in [-0.2, 0) is 0 Å². The Balaban J connectivity index is 2.26. The van der Waals surface area contributed by atoms with Gasteiger partial charge in [0, 0.05) is 11.1 Å². The first-order valence-corrected chi connectivity index (χ1v) is 7.56. The van der Waals surface area contributed by atoms with E-state index in [2.05, 4.69) is 10.6 Å². The number of rotatable bonds is 3. The summed E-state index contributed by atoms with van der Waals surface area (Å²) in [4.78, 5) is 24.9. The number of carbonyl (C=O) groups excluding carboxylic acids is 2. The third kappa shape index (κ3) is 4.42. The summed E-state index contributed by atoms with van der Waals surface area (Å²) in [7, 11) is 0. The van der Waals surface area contributed by atoms with Crippen molar-refractivity contribution in [2.24, 2.45) is 0 Å². The predicted octanol–water partition coefficient (Wildman–Crippen LogP) is 3.78. The molecule has 23 heavy (non-hydrogen) atoms. The van der Waals surface area contributed by atoms with E-state index in [4.69, 9.17) is 0 Å². The summed E-state index contributed by atoms with van der Waals surface area (Å²) < 4.78 is 0. The van der Waals surface area contributed by atoms with Crippen LogP contribution >= 0.6 is 0 Å². The second kappa shape index (κ2) is 6.65. The number of carbonyl (C=O) groups is 2. The lowest BCUT2D eigenvalue weighted by atomic mass is 10.1. The maximum absolute atomic E-state index is 12.5. The zero-order valence-electron chi connectivity index (χ0n) is 13.9. The molecule has 0 saturated heterocycles. The molecular formula is C19H22N2O2. The van der Waals surface area contributed by atoms with Crippen LogP contribution in [0.3, 0.4) is 0 Å². The van der Waals surface area contributed by atoms with E-state index < -0.39 is 0 Å². The number of amides is 2. The maximum Gasteiger partial charge on any atom is 0.255 e. The van der Waals surface area contributed by atoms with Crippen LogP contribution in [0.25, 0.3) is 0 Å². The molecule has 2 N–H and O–H groups in total. The van der Waals surface area contributed by atoms with E-state index in [-0.39, 0.29) is 17.4 Å². The van der Waals surface area contributed by atoms with E-state index in [0.29, 0.717) is 16.8 Å². The lowest BCUT2D eigenvalue weighted by molar-refractivity contribution is 0.0920. The average Bonchev–Trinajstić information content (AvgIpc) is 2.46. The smallest absolute Gasteiger partial charge is 0.255 e. The molecule has 0 aliphatic rings. The minimum absolute atomic E-state index is 0.210. The number of anilines is 1. The van der Waals surface area contributed by atoms with E-state index in [1.165, 1.54) is 0 Å². The molecule has 0 aliphatic heterocycles. The van der Waals surface area contributed by atoms with Crippen LogP contribution in [0.1, 0.15) is 47.1 Å². The van der Waals surface area contributed by atoms with E-state index in [1.54, 1.807) is 30.3 Å². The molecule has 0 radical (unpaired) electrons. The summed E-state index contributed by atoms with van der Waals surface area (Å²) >= 11 is 0. The van der Waals surface area contributed by atoms with E-state index in [9.17, 15) is 9.59 Å². The van der Waals surface area contributed by atoms with E-state index in [0.717, 1.165) is 5.56 Å². The van der Waals surface area contributed by atoms with Crippen molar-refractivity contribution in [3.63, 3.8) is 0 Å². The number of hydrogen-bond acceptors (Lipinski definition) is 2. The van der Waals surface area contributed by atoms with Gasteiger partial charge in [-0.25, -0.2) is 0 Å². The minimum Gasteiger partial charge on any atom is -0.347 e. The maximum atomic E-state index is 12.5. The molecule has 2 amide bonds. The molecule has 0 fully saturated rings. The Morgan fingerprint density at radius 1 is 0.826 bits per heavy atom. The highest BCUT2D eigenvalue weighted by molar-refractivity contribution is 6.09. The fourth-order valence-corrected chi connectivity index (χ4v) is 2.22. The molecular weight excluding hydrogens is 288 g/mol. The van der Waals surface area contributed by atoms with Gasteiger partial charge in [0.1, 0.15) is 0 Å². The minimum atomic E-state index is -0.343. The van der Waals surface area contributed by atoms with Crippen molar-refractivity contribution in [1.29, 1.82) is 0 Å². The molecule has 0 bridgehead atoms. The Morgan fingerprint density at radius 3 is 2.00 bits per heavy atom. The van der Waals surface area contributed by atoms with Crippen molar-refractivity contribution in [3.05, 3.63) is 65.2 Å². The standard InChI is InChI=1S/C19H22N2O2/c1-13-9-5-6-10-14(13)17(22)20-16-12-8-7-11-15(16)18(23)21-19(2,3)4/h5-12H,1-4H3,(H,20,22)(H,21,23). The van der Waals surface area contributed by atoms with Gasteiger partial charge >= 0.3 is 0 Å². The number of benzene rings is 2. The summed E-state index contributed by atoms with van der Waals surface area (Å²) in [5, 5.41) is 5.74. The first-order chi connectivity index (χ1) is 10.8. The van der Waals surface area contributed by atoms with Gasteiger partial charge in [0.2, 0.25) is 0 Å². The van der Waals surface area contributed by atoms with Crippen molar-refractivity contribution < 1.29 is 9.59 Å². The molecule has 0 aliphatic carbocycles. The molecule has 0 unspecified atom stereocenters. The van der Waals surface area contributed by atoms with Gasteiger partial charge in [-0.15, -0.1) is 0 Å². The lowest BCUT2D eigenvalue weighted by Gasteiger charge is -2.21. The lowest BCUT2D eigenvalue weighted by Crippen LogP contribution is -2.40. The number of nitrogens with one attached hydrogen (secondary N) is 2. The molecule has 0 aromatic heterocycles. The van der Waals surface area contributed by atoms with Crippen molar-refractivity contribution in [3.8, 4) is 0 Å². The number of aryl methyl sites for hydroxylation is 1. The van der Waals surface area contributed by atoms with Crippen LogP contribution in [-0.4, -0.2) is 17.4 Å². The SMILES string of the molecule is Cc1ccccc1C(=O)Nc1ccccc1C(=O)NC(C)(C)C. The third-order valence-electron chi connectivity index (χ3n) is 3.30. The van der Waals surface area contributed by atoms with Gasteiger partial charge in [-0.1, -0.05) is 30.3 Å². The normalized spacial score (nSPS) is 11.0. The van der Waals surface area contributed by atoms with Gasteiger partial charge in [-0.2, -0.15) is 0 Å². The first-order valence-electron chi connectivity index (χ1n) is 7.56. The second-order valence-electron chi connectivity index (χ2n) is 6.52. The van der Waals surface area contributed by atoms with Crippen molar-refractivity contribution in [1.82, 2.24) is 5.32 Å². The Hall–Kier alpha value is -2.62. The Bertz CT molecular complexity index is 730. The average molecular weight is 310 g/mol. The second-order valence-corrected chi connectivity index (χ2v) is 6.52. The third-order valence-corrected chi connectivity index (χ3v) is 3.30. The van der Waals surface area contributed by atoms with Crippen LogP contribution in [0.4, 0.5) is 5.69 Å². The molecule has 0 saturated carbocycles. The summed E-state index contributed by atoms with van der Waals surface area (Å²) in [6.07, 6.45) is 0. The van der Waals surface area contributed by atoms with Crippen LogP contribution in [0.5, 0.6) is 0 Å². The van der Waals surface area contributed by atoms with Crippen molar-refractivity contribution in [2.45, 2.75) is 33.2 Å². The number of para-hydroxylation sites is 1. The van der Waals surface area contributed by atoms with Crippen LogP contribution < -0.4 is 10.6 Å². The number of hydrogen-bond donors (Lipinski definition) is 2. The summed E-state index contributed by atoms with van der Waals surface area (Å²) in [6.45, 7) is 7.63. The van der Waals surface area contributed by atoms with Gasteiger partial charge in [-0.05, 0) is 51.5 Å². The molecule has 4 nitrogen and oxygen atoms in total. The first kappa shape index (κ1) is 16.7. The summed E-state index contributed by atoms with van der Waals surface area (Å²) in [6, 6.07) is 14.4. The van der Waals surface area contributed by atoms with Gasteiger partial charge < -0.3 is 10.6 Å². The fourth-order valence-electron chi connectivity index (χ4n) is 2.22.